The summed E-state index contributed by atoms with van der Waals surface area (Å²) >= 11 is 0. The molecule has 1 aromatic rings. The van der Waals surface area contributed by atoms with Crippen molar-refractivity contribution in [1.29, 1.82) is 0 Å². The van der Waals surface area contributed by atoms with Gasteiger partial charge in [0.25, 0.3) is 5.69 Å². The summed E-state index contributed by atoms with van der Waals surface area (Å²) in [5.41, 5.74) is -0.635. The molecule has 114 valence electrons. The van der Waals surface area contributed by atoms with Crippen molar-refractivity contribution >= 4 is 17.3 Å². The monoisotopic (exact) mass is 294 g/mol. The zero-order valence-corrected chi connectivity index (χ0v) is 12.0. The Hall–Kier alpha value is -2.31. The van der Waals surface area contributed by atoms with E-state index < -0.39 is 16.4 Å². The lowest BCUT2D eigenvalue weighted by atomic mass is 9.98. The van der Waals surface area contributed by atoms with Gasteiger partial charge in [0, 0.05) is 24.4 Å². The summed E-state index contributed by atoms with van der Waals surface area (Å²) in [7, 11) is 0. The van der Waals surface area contributed by atoms with Crippen LogP contribution >= 0.6 is 0 Å². The summed E-state index contributed by atoms with van der Waals surface area (Å²) < 4.78 is 5.35. The molecule has 1 saturated heterocycles. The number of carboxylic acids is 1. The van der Waals surface area contributed by atoms with Gasteiger partial charge in [0.05, 0.1) is 17.6 Å². The molecule has 1 aromatic carbocycles. The van der Waals surface area contributed by atoms with Crippen LogP contribution in [0.1, 0.15) is 26.7 Å². The lowest BCUT2D eigenvalue weighted by molar-refractivity contribution is -0.384. The van der Waals surface area contributed by atoms with Crippen LogP contribution in [0.5, 0.6) is 5.75 Å². The maximum atomic E-state index is 11.5. The van der Waals surface area contributed by atoms with Gasteiger partial charge in [-0.3, -0.25) is 10.1 Å². The molecule has 0 radical (unpaired) electrons. The van der Waals surface area contributed by atoms with Crippen LogP contribution in [0.15, 0.2) is 18.2 Å². The second-order valence-electron chi connectivity index (χ2n) is 5.21. The van der Waals surface area contributed by atoms with Gasteiger partial charge in [0.1, 0.15) is 11.3 Å². The van der Waals surface area contributed by atoms with Crippen molar-refractivity contribution < 1.29 is 19.6 Å². The molecule has 1 heterocycles. The van der Waals surface area contributed by atoms with Gasteiger partial charge in [-0.25, -0.2) is 4.79 Å². The quantitative estimate of drug-likeness (QED) is 0.662. The molecule has 2 rings (SSSR count). The van der Waals surface area contributed by atoms with Crippen molar-refractivity contribution in [2.24, 2.45) is 0 Å². The fourth-order valence-electron chi connectivity index (χ4n) is 2.68. The van der Waals surface area contributed by atoms with Gasteiger partial charge in [-0.05, 0) is 26.7 Å². The van der Waals surface area contributed by atoms with E-state index in [-0.39, 0.29) is 5.69 Å². The number of nitro benzene ring substituents is 1. The molecule has 7 nitrogen and oxygen atoms in total. The highest BCUT2D eigenvalue weighted by molar-refractivity contribution is 5.84. The second kappa shape index (κ2) is 5.59. The summed E-state index contributed by atoms with van der Waals surface area (Å²) in [6.45, 7) is 4.36. The average molecular weight is 294 g/mol. The maximum absolute atomic E-state index is 11.5. The number of carbonyl (C=O) groups is 1. The Kier molecular flexibility index (Phi) is 4.02. The molecule has 0 bridgehead atoms. The molecule has 1 aliphatic rings. The number of rotatable bonds is 5. The fourth-order valence-corrected chi connectivity index (χ4v) is 2.68. The number of ether oxygens (including phenoxy) is 1. The molecule has 1 aliphatic heterocycles. The highest BCUT2D eigenvalue weighted by atomic mass is 16.6. The molecule has 1 fully saturated rings. The molecule has 0 aliphatic carbocycles. The van der Waals surface area contributed by atoms with Gasteiger partial charge < -0.3 is 14.7 Å². The van der Waals surface area contributed by atoms with Crippen LogP contribution in [0.3, 0.4) is 0 Å². The lowest BCUT2D eigenvalue weighted by Crippen LogP contribution is -2.48. The van der Waals surface area contributed by atoms with E-state index >= 15 is 0 Å². The van der Waals surface area contributed by atoms with E-state index in [0.717, 1.165) is 6.42 Å². The maximum Gasteiger partial charge on any atom is 0.329 e. The van der Waals surface area contributed by atoms with Gasteiger partial charge in [0.15, 0.2) is 0 Å². The van der Waals surface area contributed by atoms with Crippen molar-refractivity contribution in [3.05, 3.63) is 28.3 Å². The minimum Gasteiger partial charge on any atom is -0.494 e. The number of hydrogen-bond donors (Lipinski definition) is 1. The van der Waals surface area contributed by atoms with Crippen LogP contribution in [0.25, 0.3) is 0 Å². The Labute approximate surface area is 122 Å². The summed E-state index contributed by atoms with van der Waals surface area (Å²) in [6, 6.07) is 4.40. The van der Waals surface area contributed by atoms with E-state index in [1.54, 1.807) is 24.8 Å². The first-order chi connectivity index (χ1) is 9.88. The Morgan fingerprint density at radius 1 is 1.52 bits per heavy atom. The van der Waals surface area contributed by atoms with Crippen LogP contribution in [0.4, 0.5) is 11.4 Å². The molecular weight excluding hydrogens is 276 g/mol. The van der Waals surface area contributed by atoms with Gasteiger partial charge in [-0.15, -0.1) is 0 Å². The SMILES string of the molecule is CCOc1cc(N2CCCC2(C)C(=O)O)cc([N+](=O)[O-])c1. The summed E-state index contributed by atoms with van der Waals surface area (Å²) in [6.07, 6.45) is 1.24. The topological polar surface area (TPSA) is 92.9 Å². The predicted molar refractivity (Wildman–Crippen MR) is 76.9 cm³/mol. The van der Waals surface area contributed by atoms with Crippen LogP contribution < -0.4 is 9.64 Å². The highest BCUT2D eigenvalue weighted by Crippen LogP contribution is 2.37. The van der Waals surface area contributed by atoms with Crippen LogP contribution in [0.2, 0.25) is 0 Å². The Bertz CT molecular complexity index is 574. The number of aliphatic carboxylic acids is 1. The van der Waals surface area contributed by atoms with E-state index in [0.29, 0.717) is 31.0 Å². The van der Waals surface area contributed by atoms with Gasteiger partial charge in [-0.2, -0.15) is 0 Å². The van der Waals surface area contributed by atoms with E-state index in [4.69, 9.17) is 4.74 Å². The van der Waals surface area contributed by atoms with Crippen molar-refractivity contribution in [3.63, 3.8) is 0 Å². The molecule has 0 aromatic heterocycles. The number of hydrogen-bond acceptors (Lipinski definition) is 5. The second-order valence-corrected chi connectivity index (χ2v) is 5.21. The molecule has 1 N–H and O–H groups in total. The Morgan fingerprint density at radius 2 is 2.24 bits per heavy atom. The molecule has 1 atom stereocenters. The highest BCUT2D eigenvalue weighted by Gasteiger charge is 2.43. The predicted octanol–water partition coefficient (Wildman–Crippen LogP) is 2.44. The van der Waals surface area contributed by atoms with Crippen LogP contribution in [-0.2, 0) is 4.79 Å². The number of nitro groups is 1. The van der Waals surface area contributed by atoms with Crippen molar-refractivity contribution in [1.82, 2.24) is 0 Å². The smallest absolute Gasteiger partial charge is 0.329 e. The van der Waals surface area contributed by atoms with Crippen LogP contribution in [-0.4, -0.2) is 34.7 Å². The molecule has 0 amide bonds. The molecule has 0 spiro atoms. The number of benzene rings is 1. The van der Waals surface area contributed by atoms with Crippen molar-refractivity contribution in [2.75, 3.05) is 18.1 Å². The first kappa shape index (κ1) is 15.1. The van der Waals surface area contributed by atoms with E-state index in [9.17, 15) is 20.0 Å². The summed E-state index contributed by atoms with van der Waals surface area (Å²) in [4.78, 5) is 23.8. The zero-order chi connectivity index (χ0) is 15.6. The summed E-state index contributed by atoms with van der Waals surface area (Å²) in [5, 5.41) is 20.5. The minimum absolute atomic E-state index is 0.101. The third-order valence-corrected chi connectivity index (χ3v) is 3.81. The van der Waals surface area contributed by atoms with Gasteiger partial charge >= 0.3 is 5.97 Å². The van der Waals surface area contributed by atoms with Crippen molar-refractivity contribution in [3.8, 4) is 5.75 Å². The van der Waals surface area contributed by atoms with Gasteiger partial charge in [-0.1, -0.05) is 0 Å². The van der Waals surface area contributed by atoms with Gasteiger partial charge in [0.2, 0.25) is 0 Å². The minimum atomic E-state index is -1.04. The normalized spacial score (nSPS) is 21.3. The van der Waals surface area contributed by atoms with Crippen molar-refractivity contribution in [2.45, 2.75) is 32.2 Å². The Morgan fingerprint density at radius 3 is 2.81 bits per heavy atom. The standard InChI is InChI=1S/C14H18N2O5/c1-3-21-12-8-10(7-11(9-12)16(19)20)15-6-4-5-14(15,2)13(17)18/h7-9H,3-6H2,1-2H3,(H,17,18). The van der Waals surface area contributed by atoms with E-state index in [2.05, 4.69) is 0 Å². The molecule has 7 heteroatoms. The zero-order valence-electron chi connectivity index (χ0n) is 12.0. The van der Waals surface area contributed by atoms with E-state index in [1.165, 1.54) is 12.1 Å². The third-order valence-electron chi connectivity index (χ3n) is 3.81. The lowest BCUT2D eigenvalue weighted by Gasteiger charge is -2.33. The number of non-ortho nitro benzene ring substituents is 1. The van der Waals surface area contributed by atoms with Crippen LogP contribution in [0, 0.1) is 10.1 Å². The fraction of sp³-hybridized carbons (Fsp3) is 0.500. The Balaban J connectivity index is 2.47. The van der Waals surface area contributed by atoms with E-state index in [1.807, 2.05) is 0 Å². The molecule has 0 saturated carbocycles. The molecule has 21 heavy (non-hydrogen) atoms. The summed E-state index contributed by atoms with van der Waals surface area (Å²) in [5.74, 6) is -0.550. The first-order valence-electron chi connectivity index (χ1n) is 6.82. The third kappa shape index (κ3) is 2.76. The largest absolute Gasteiger partial charge is 0.494 e. The molecule has 1 unspecified atom stereocenters. The number of carboxylic acid groups (broad SMARTS) is 1. The number of anilines is 1. The average Bonchev–Trinajstić information content (AvgIpc) is 2.82. The first-order valence-corrected chi connectivity index (χ1v) is 6.82. The molecular formula is C14H18N2O5. The number of nitrogens with zero attached hydrogens (tertiary/aromatic N) is 2.